The zero-order chi connectivity index (χ0) is 14.3. The molecule has 2 aliphatic heterocycles. The van der Waals surface area contributed by atoms with Crippen LogP contribution in [0, 0.1) is 16.7 Å². The predicted octanol–water partition coefficient (Wildman–Crippen LogP) is 2.95. The minimum Gasteiger partial charge on any atom is -0.342 e. The van der Waals surface area contributed by atoms with Crippen LogP contribution in [0.3, 0.4) is 0 Å². The SMILES string of the molecule is O=C(C1CC12CCNCC2)N1CCC2(CCCCC2)CC1. The van der Waals surface area contributed by atoms with Crippen LogP contribution in [-0.2, 0) is 4.79 Å². The van der Waals surface area contributed by atoms with Gasteiger partial charge in [0.25, 0.3) is 0 Å². The largest absolute Gasteiger partial charge is 0.342 e. The van der Waals surface area contributed by atoms with Gasteiger partial charge in [-0.15, -0.1) is 0 Å². The van der Waals surface area contributed by atoms with Crippen LogP contribution in [0.2, 0.25) is 0 Å². The minimum absolute atomic E-state index is 0.375. The van der Waals surface area contributed by atoms with Crippen molar-refractivity contribution in [2.75, 3.05) is 26.2 Å². The third-order valence-electron chi connectivity index (χ3n) is 7.14. The molecule has 2 spiro atoms. The standard InChI is InChI=1S/C18H30N2O/c21-16(15-14-18(15)6-10-19-11-7-18)20-12-8-17(9-13-20)4-2-1-3-5-17/h15,19H,1-14H2. The normalized spacial score (nSPS) is 34.1. The number of likely N-dealkylation sites (tertiary alicyclic amines) is 1. The van der Waals surface area contributed by atoms with Crippen molar-refractivity contribution in [1.82, 2.24) is 10.2 Å². The van der Waals surface area contributed by atoms with Crippen molar-refractivity contribution >= 4 is 5.91 Å². The summed E-state index contributed by atoms with van der Waals surface area (Å²) in [6.45, 7) is 4.33. The number of hydrogen-bond acceptors (Lipinski definition) is 2. The maximum Gasteiger partial charge on any atom is 0.226 e. The molecule has 0 aromatic carbocycles. The van der Waals surface area contributed by atoms with Crippen molar-refractivity contribution in [3.63, 3.8) is 0 Å². The van der Waals surface area contributed by atoms with E-state index in [0.29, 0.717) is 22.7 Å². The number of nitrogens with zero attached hydrogens (tertiary/aromatic N) is 1. The number of carbonyl (C=O) groups excluding carboxylic acids is 1. The summed E-state index contributed by atoms with van der Waals surface area (Å²) < 4.78 is 0. The molecule has 0 aromatic heterocycles. The first-order valence-electron chi connectivity index (χ1n) is 9.23. The van der Waals surface area contributed by atoms with Crippen LogP contribution in [0.4, 0.5) is 0 Å². The quantitative estimate of drug-likeness (QED) is 0.805. The van der Waals surface area contributed by atoms with E-state index in [-0.39, 0.29) is 0 Å². The summed E-state index contributed by atoms with van der Waals surface area (Å²) in [5.41, 5.74) is 1.02. The molecule has 0 aromatic rings. The summed E-state index contributed by atoms with van der Waals surface area (Å²) in [6, 6.07) is 0. The summed E-state index contributed by atoms with van der Waals surface area (Å²) in [4.78, 5) is 15.0. The second-order valence-corrected chi connectivity index (χ2v) is 8.26. The molecule has 1 amide bonds. The van der Waals surface area contributed by atoms with E-state index in [1.165, 1.54) is 64.2 Å². The Balaban J connectivity index is 1.33. The lowest BCUT2D eigenvalue weighted by Crippen LogP contribution is -2.45. The average molecular weight is 290 g/mol. The second-order valence-electron chi connectivity index (χ2n) is 8.26. The van der Waals surface area contributed by atoms with Gasteiger partial charge in [0.2, 0.25) is 5.91 Å². The van der Waals surface area contributed by atoms with Gasteiger partial charge in [-0.1, -0.05) is 19.3 Å². The monoisotopic (exact) mass is 290 g/mol. The fraction of sp³-hybridized carbons (Fsp3) is 0.944. The Morgan fingerprint density at radius 2 is 1.57 bits per heavy atom. The Morgan fingerprint density at radius 3 is 2.24 bits per heavy atom. The predicted molar refractivity (Wildman–Crippen MR) is 84.0 cm³/mol. The highest BCUT2D eigenvalue weighted by Gasteiger charge is 2.58. The first-order chi connectivity index (χ1) is 10.2. The zero-order valence-electron chi connectivity index (χ0n) is 13.3. The highest BCUT2D eigenvalue weighted by atomic mass is 16.2. The van der Waals surface area contributed by atoms with E-state index in [1.54, 1.807) is 0 Å². The smallest absolute Gasteiger partial charge is 0.226 e. The summed E-state index contributed by atoms with van der Waals surface area (Å²) in [6.07, 6.45) is 13.3. The molecule has 4 fully saturated rings. The van der Waals surface area contributed by atoms with Crippen LogP contribution in [0.15, 0.2) is 0 Å². The highest BCUT2D eigenvalue weighted by molar-refractivity contribution is 5.82. The molecule has 2 aliphatic carbocycles. The summed E-state index contributed by atoms with van der Waals surface area (Å²) in [5, 5.41) is 3.43. The van der Waals surface area contributed by atoms with Crippen LogP contribution in [0.5, 0.6) is 0 Å². The Hall–Kier alpha value is -0.570. The molecule has 1 atom stereocenters. The molecule has 3 nitrogen and oxygen atoms in total. The fourth-order valence-electron chi connectivity index (χ4n) is 5.40. The molecule has 118 valence electrons. The van der Waals surface area contributed by atoms with Crippen molar-refractivity contribution in [2.24, 2.45) is 16.7 Å². The third kappa shape index (κ3) is 2.52. The molecule has 1 N–H and O–H groups in total. The summed E-state index contributed by atoms with van der Waals surface area (Å²) >= 11 is 0. The van der Waals surface area contributed by atoms with E-state index in [9.17, 15) is 4.79 Å². The second kappa shape index (κ2) is 5.26. The van der Waals surface area contributed by atoms with Gasteiger partial charge in [0.05, 0.1) is 0 Å². The van der Waals surface area contributed by atoms with E-state index in [1.807, 2.05) is 0 Å². The molecule has 0 radical (unpaired) electrons. The van der Waals surface area contributed by atoms with Gasteiger partial charge in [0.1, 0.15) is 0 Å². The number of hydrogen-bond donors (Lipinski definition) is 1. The van der Waals surface area contributed by atoms with E-state index >= 15 is 0 Å². The van der Waals surface area contributed by atoms with Crippen molar-refractivity contribution in [2.45, 2.75) is 64.2 Å². The zero-order valence-corrected chi connectivity index (χ0v) is 13.3. The van der Waals surface area contributed by atoms with Gasteiger partial charge in [0.15, 0.2) is 0 Å². The maximum atomic E-state index is 12.8. The van der Waals surface area contributed by atoms with Crippen molar-refractivity contribution in [3.05, 3.63) is 0 Å². The van der Waals surface area contributed by atoms with E-state index in [2.05, 4.69) is 10.2 Å². The summed E-state index contributed by atoms with van der Waals surface area (Å²) in [5.74, 6) is 0.877. The number of piperidine rings is 2. The van der Waals surface area contributed by atoms with E-state index < -0.39 is 0 Å². The van der Waals surface area contributed by atoms with Crippen molar-refractivity contribution in [1.29, 1.82) is 0 Å². The topological polar surface area (TPSA) is 32.3 Å². The van der Waals surface area contributed by atoms with Crippen LogP contribution in [-0.4, -0.2) is 37.0 Å². The van der Waals surface area contributed by atoms with E-state index in [0.717, 1.165) is 26.2 Å². The van der Waals surface area contributed by atoms with E-state index in [4.69, 9.17) is 0 Å². The van der Waals surface area contributed by atoms with Gasteiger partial charge in [0, 0.05) is 19.0 Å². The molecule has 1 unspecified atom stereocenters. The lowest BCUT2D eigenvalue weighted by atomic mass is 9.68. The van der Waals surface area contributed by atoms with Crippen LogP contribution >= 0.6 is 0 Å². The third-order valence-corrected chi connectivity index (χ3v) is 7.14. The molecule has 21 heavy (non-hydrogen) atoms. The lowest BCUT2D eigenvalue weighted by molar-refractivity contribution is -0.136. The molecule has 3 heteroatoms. The Morgan fingerprint density at radius 1 is 0.905 bits per heavy atom. The fourth-order valence-corrected chi connectivity index (χ4v) is 5.40. The van der Waals surface area contributed by atoms with Gasteiger partial charge < -0.3 is 10.2 Å². The number of rotatable bonds is 1. The van der Waals surface area contributed by atoms with Crippen molar-refractivity contribution in [3.8, 4) is 0 Å². The molecular weight excluding hydrogens is 260 g/mol. The first-order valence-corrected chi connectivity index (χ1v) is 9.23. The molecule has 4 rings (SSSR count). The maximum absolute atomic E-state index is 12.8. The Bertz CT molecular complexity index is 397. The highest BCUT2D eigenvalue weighted by Crippen LogP contribution is 2.59. The van der Waals surface area contributed by atoms with Gasteiger partial charge in [-0.05, 0) is 68.9 Å². The molecule has 4 aliphatic rings. The number of nitrogens with one attached hydrogen (secondary N) is 1. The average Bonchev–Trinajstić information content (AvgIpc) is 3.22. The van der Waals surface area contributed by atoms with Crippen LogP contribution in [0.25, 0.3) is 0 Å². The van der Waals surface area contributed by atoms with Crippen molar-refractivity contribution < 1.29 is 4.79 Å². The van der Waals surface area contributed by atoms with Gasteiger partial charge >= 0.3 is 0 Å². The minimum atomic E-state index is 0.375. The van der Waals surface area contributed by atoms with Crippen LogP contribution in [0.1, 0.15) is 64.2 Å². The molecular formula is C18H30N2O. The van der Waals surface area contributed by atoms with Gasteiger partial charge in [-0.2, -0.15) is 0 Å². The van der Waals surface area contributed by atoms with Gasteiger partial charge in [-0.3, -0.25) is 4.79 Å². The molecule has 2 saturated heterocycles. The molecule has 2 saturated carbocycles. The summed E-state index contributed by atoms with van der Waals surface area (Å²) in [7, 11) is 0. The van der Waals surface area contributed by atoms with Gasteiger partial charge in [-0.25, -0.2) is 0 Å². The Labute approximate surface area is 128 Å². The number of amides is 1. The first kappa shape index (κ1) is 14.0. The Kier molecular flexibility index (Phi) is 3.52. The molecule has 2 heterocycles. The number of carbonyl (C=O) groups is 1. The molecule has 0 bridgehead atoms. The van der Waals surface area contributed by atoms with Crippen LogP contribution < -0.4 is 5.32 Å². The lowest BCUT2D eigenvalue weighted by Gasteiger charge is -2.44.